The highest BCUT2D eigenvalue weighted by molar-refractivity contribution is 7.85. The van der Waals surface area contributed by atoms with Crippen LogP contribution in [0.25, 0.3) is 11.0 Å². The lowest BCUT2D eigenvalue weighted by Crippen LogP contribution is -2.14. The van der Waals surface area contributed by atoms with Gasteiger partial charge in [0.1, 0.15) is 18.1 Å². The summed E-state index contributed by atoms with van der Waals surface area (Å²) in [5.74, 6) is 1.39. The summed E-state index contributed by atoms with van der Waals surface area (Å²) in [5, 5.41) is -0.385. The minimum absolute atomic E-state index is 0.219. The fourth-order valence-corrected chi connectivity index (χ4v) is 3.20. The molecule has 1 heterocycles. The number of rotatable bonds is 7. The first kappa shape index (κ1) is 17.2. The molecule has 0 unspecified atom stereocenters. The monoisotopic (exact) mass is 362 g/mol. The van der Waals surface area contributed by atoms with E-state index in [0.717, 1.165) is 5.75 Å². The maximum Gasteiger partial charge on any atom is 0.328 e. The van der Waals surface area contributed by atoms with E-state index >= 15 is 0 Å². The van der Waals surface area contributed by atoms with Gasteiger partial charge in [-0.25, -0.2) is 4.98 Å². The van der Waals surface area contributed by atoms with Gasteiger partial charge >= 0.3 is 10.1 Å². The van der Waals surface area contributed by atoms with Gasteiger partial charge in [0.15, 0.2) is 0 Å². The highest BCUT2D eigenvalue weighted by atomic mass is 32.2. The van der Waals surface area contributed by atoms with Crippen molar-refractivity contribution in [3.8, 4) is 11.5 Å². The second-order valence-corrected chi connectivity index (χ2v) is 6.58. The predicted octanol–water partition coefficient (Wildman–Crippen LogP) is 2.76. The molecule has 1 aromatic heterocycles. The van der Waals surface area contributed by atoms with Crippen molar-refractivity contribution in [2.24, 2.45) is 0 Å². The Morgan fingerprint density at radius 3 is 2.32 bits per heavy atom. The zero-order valence-electron chi connectivity index (χ0n) is 13.6. The smallest absolute Gasteiger partial charge is 0.328 e. The van der Waals surface area contributed by atoms with Crippen LogP contribution in [0.15, 0.2) is 53.7 Å². The normalized spacial score (nSPS) is 11.6. The average molecular weight is 362 g/mol. The van der Waals surface area contributed by atoms with E-state index in [2.05, 4.69) is 4.98 Å². The van der Waals surface area contributed by atoms with Crippen molar-refractivity contribution in [1.29, 1.82) is 0 Å². The Labute approximate surface area is 145 Å². The molecule has 0 bridgehead atoms. The van der Waals surface area contributed by atoms with Crippen LogP contribution in [0.3, 0.4) is 0 Å². The second-order valence-electron chi connectivity index (χ2n) is 5.26. The van der Waals surface area contributed by atoms with E-state index in [0.29, 0.717) is 23.4 Å². The quantitative estimate of drug-likeness (QED) is 0.650. The Kier molecular flexibility index (Phi) is 4.91. The number of hydrogen-bond acceptors (Lipinski definition) is 5. The fraction of sp³-hybridized carbons (Fsp3) is 0.235. The van der Waals surface area contributed by atoms with Gasteiger partial charge in [0.25, 0.3) is 5.16 Å². The summed E-state index contributed by atoms with van der Waals surface area (Å²) < 4.78 is 45.0. The van der Waals surface area contributed by atoms with Gasteiger partial charge in [-0.3, -0.25) is 4.55 Å². The first-order chi connectivity index (χ1) is 12.0. The standard InChI is InChI=1S/C17H18N2O5S/c1-2-23-13-7-9-14(10-8-13)24-12-11-19-16-6-4-3-5-15(16)18-17(19)25(20,21)22/h3-10H,2,11-12H2,1H3,(H,20,21,22). The van der Waals surface area contributed by atoms with Crippen molar-refractivity contribution in [2.75, 3.05) is 13.2 Å². The summed E-state index contributed by atoms with van der Waals surface area (Å²) >= 11 is 0. The maximum absolute atomic E-state index is 11.6. The molecule has 3 aromatic rings. The summed E-state index contributed by atoms with van der Waals surface area (Å²) in [6, 6.07) is 14.1. The second kappa shape index (κ2) is 7.12. The van der Waals surface area contributed by atoms with Gasteiger partial charge < -0.3 is 14.0 Å². The van der Waals surface area contributed by atoms with Gasteiger partial charge in [0, 0.05) is 0 Å². The Bertz CT molecular complexity index is 964. The molecule has 7 nitrogen and oxygen atoms in total. The zero-order valence-corrected chi connectivity index (χ0v) is 14.4. The topological polar surface area (TPSA) is 90.7 Å². The van der Waals surface area contributed by atoms with Gasteiger partial charge in [0.05, 0.1) is 24.2 Å². The molecule has 0 atom stereocenters. The Hall–Kier alpha value is -2.58. The molecule has 0 radical (unpaired) electrons. The van der Waals surface area contributed by atoms with Crippen LogP contribution in [0.5, 0.6) is 11.5 Å². The summed E-state index contributed by atoms with van der Waals surface area (Å²) in [5.41, 5.74) is 1.11. The van der Waals surface area contributed by atoms with Gasteiger partial charge in [-0.1, -0.05) is 12.1 Å². The van der Waals surface area contributed by atoms with E-state index in [1.54, 1.807) is 48.5 Å². The van der Waals surface area contributed by atoms with Crippen molar-refractivity contribution < 1.29 is 22.4 Å². The Morgan fingerprint density at radius 1 is 1.04 bits per heavy atom. The Balaban J connectivity index is 1.76. The van der Waals surface area contributed by atoms with Crippen LogP contribution in [0.1, 0.15) is 6.92 Å². The first-order valence-electron chi connectivity index (χ1n) is 7.77. The van der Waals surface area contributed by atoms with Crippen LogP contribution in [-0.4, -0.2) is 35.7 Å². The highest BCUT2D eigenvalue weighted by Gasteiger charge is 2.21. The number of imidazole rings is 1. The number of aromatic nitrogens is 2. The number of ether oxygens (including phenoxy) is 2. The number of fused-ring (bicyclic) bond motifs is 1. The average Bonchev–Trinajstić information content (AvgIpc) is 2.96. The van der Waals surface area contributed by atoms with Crippen LogP contribution < -0.4 is 9.47 Å². The number of para-hydroxylation sites is 2. The first-order valence-corrected chi connectivity index (χ1v) is 9.21. The van der Waals surface area contributed by atoms with E-state index in [1.165, 1.54) is 4.57 Å². The van der Waals surface area contributed by atoms with E-state index in [1.807, 2.05) is 6.92 Å². The minimum atomic E-state index is -4.42. The van der Waals surface area contributed by atoms with Gasteiger partial charge in [-0.2, -0.15) is 8.42 Å². The molecule has 0 saturated carbocycles. The molecule has 0 fully saturated rings. The van der Waals surface area contributed by atoms with Crippen LogP contribution in [0.2, 0.25) is 0 Å². The third-order valence-corrected chi connectivity index (χ3v) is 4.34. The number of nitrogens with zero attached hydrogens (tertiary/aromatic N) is 2. The molecule has 0 saturated heterocycles. The van der Waals surface area contributed by atoms with Crippen molar-refractivity contribution in [1.82, 2.24) is 9.55 Å². The van der Waals surface area contributed by atoms with Crippen molar-refractivity contribution >= 4 is 21.2 Å². The van der Waals surface area contributed by atoms with E-state index in [-0.39, 0.29) is 18.3 Å². The van der Waals surface area contributed by atoms with E-state index in [4.69, 9.17) is 9.47 Å². The molecule has 0 amide bonds. The largest absolute Gasteiger partial charge is 0.494 e. The summed E-state index contributed by atoms with van der Waals surface area (Å²) in [4.78, 5) is 3.99. The molecule has 132 valence electrons. The van der Waals surface area contributed by atoms with Crippen LogP contribution in [-0.2, 0) is 16.7 Å². The number of benzene rings is 2. The van der Waals surface area contributed by atoms with Gasteiger partial charge in [-0.15, -0.1) is 0 Å². The highest BCUT2D eigenvalue weighted by Crippen LogP contribution is 2.20. The lowest BCUT2D eigenvalue weighted by Gasteiger charge is -2.10. The zero-order chi connectivity index (χ0) is 17.9. The molecular formula is C17H18N2O5S. The van der Waals surface area contributed by atoms with Crippen LogP contribution >= 0.6 is 0 Å². The molecule has 2 aromatic carbocycles. The summed E-state index contributed by atoms with van der Waals surface area (Å²) in [6.45, 7) is 2.94. The lowest BCUT2D eigenvalue weighted by atomic mass is 10.3. The number of hydrogen-bond donors (Lipinski definition) is 1. The molecule has 0 aliphatic heterocycles. The fourth-order valence-electron chi connectivity index (χ4n) is 2.52. The summed E-state index contributed by atoms with van der Waals surface area (Å²) in [6.07, 6.45) is 0. The van der Waals surface area contributed by atoms with E-state index in [9.17, 15) is 13.0 Å². The molecule has 1 N–H and O–H groups in total. The van der Waals surface area contributed by atoms with Crippen LogP contribution in [0.4, 0.5) is 0 Å². The third-order valence-electron chi connectivity index (χ3n) is 3.57. The Morgan fingerprint density at radius 2 is 1.68 bits per heavy atom. The molecule has 3 rings (SSSR count). The van der Waals surface area contributed by atoms with Crippen molar-refractivity contribution in [2.45, 2.75) is 18.6 Å². The lowest BCUT2D eigenvalue weighted by molar-refractivity contribution is 0.292. The van der Waals surface area contributed by atoms with Gasteiger partial charge in [0.2, 0.25) is 0 Å². The molecule has 8 heteroatoms. The predicted molar refractivity (Wildman–Crippen MR) is 92.7 cm³/mol. The van der Waals surface area contributed by atoms with Crippen molar-refractivity contribution in [3.63, 3.8) is 0 Å². The molecular weight excluding hydrogens is 344 g/mol. The van der Waals surface area contributed by atoms with Crippen LogP contribution in [0, 0.1) is 0 Å². The maximum atomic E-state index is 11.6. The molecule has 0 aliphatic rings. The van der Waals surface area contributed by atoms with E-state index < -0.39 is 10.1 Å². The van der Waals surface area contributed by atoms with Gasteiger partial charge in [-0.05, 0) is 43.3 Å². The summed E-state index contributed by atoms with van der Waals surface area (Å²) in [7, 11) is -4.42. The molecule has 0 aliphatic carbocycles. The van der Waals surface area contributed by atoms with Crippen molar-refractivity contribution in [3.05, 3.63) is 48.5 Å². The molecule has 25 heavy (non-hydrogen) atoms. The SMILES string of the molecule is CCOc1ccc(OCCn2c(S(=O)(=O)O)nc3ccccc32)cc1. The minimum Gasteiger partial charge on any atom is -0.494 e. The molecule has 0 spiro atoms. The third kappa shape index (κ3) is 3.92.